The molecule has 0 atom stereocenters. The summed E-state index contributed by atoms with van der Waals surface area (Å²) in [6.07, 6.45) is 3.28. The molecule has 0 spiro atoms. The van der Waals surface area contributed by atoms with Crippen LogP contribution in [0.1, 0.15) is 38.5 Å². The van der Waals surface area contributed by atoms with Gasteiger partial charge in [-0.1, -0.05) is 12.8 Å². The Morgan fingerprint density at radius 2 is 1.08 bits per heavy atom. The molecule has 74 valence electrons. The van der Waals surface area contributed by atoms with E-state index in [1.54, 1.807) is 0 Å². The van der Waals surface area contributed by atoms with Gasteiger partial charge in [-0.2, -0.15) is 0 Å². The third kappa shape index (κ3) is 15.0. The van der Waals surface area contributed by atoms with Crippen LogP contribution in [0.4, 0.5) is 0 Å². The summed E-state index contributed by atoms with van der Waals surface area (Å²) in [5, 5.41) is 16.5. The van der Waals surface area contributed by atoms with Gasteiger partial charge in [0.05, 0.1) is 0 Å². The van der Waals surface area contributed by atoms with E-state index < -0.39 is 11.9 Å². The number of hydrogen-bond acceptors (Lipinski definition) is 2. The Balaban J connectivity index is 0. The summed E-state index contributed by atoms with van der Waals surface area (Å²) in [7, 11) is 0. The maximum absolute atomic E-state index is 10.0. The van der Waals surface area contributed by atoms with Crippen LogP contribution in [0.3, 0.4) is 0 Å². The van der Waals surface area contributed by atoms with Crippen molar-refractivity contribution >= 4 is 49.7 Å². The molecular weight excluding hydrogens is 200 g/mol. The molecule has 0 fully saturated rings. The average molecular weight is 216 g/mol. The van der Waals surface area contributed by atoms with E-state index in [1.165, 1.54) is 0 Å². The summed E-state index contributed by atoms with van der Waals surface area (Å²) in [5.41, 5.74) is 0. The van der Waals surface area contributed by atoms with E-state index in [4.69, 9.17) is 10.2 Å². The van der Waals surface area contributed by atoms with Crippen LogP contribution in [0.2, 0.25) is 0 Å². The second-order valence-corrected chi connectivity index (χ2v) is 2.70. The summed E-state index contributed by atoms with van der Waals surface area (Å²) in [6, 6.07) is 0. The van der Waals surface area contributed by atoms with Crippen LogP contribution < -0.4 is 0 Å². The van der Waals surface area contributed by atoms with Crippen molar-refractivity contribution in [2.45, 2.75) is 38.5 Å². The van der Waals surface area contributed by atoms with Gasteiger partial charge in [0.2, 0.25) is 0 Å². The fourth-order valence-corrected chi connectivity index (χ4v) is 0.906. The van der Waals surface area contributed by atoms with Crippen molar-refractivity contribution in [1.29, 1.82) is 0 Å². The predicted octanol–water partition coefficient (Wildman–Crippen LogP) is 0.580. The number of aliphatic carboxylic acids is 2. The Bertz CT molecular complexity index is 140. The second kappa shape index (κ2) is 10.3. The molecule has 0 aliphatic rings. The van der Waals surface area contributed by atoms with E-state index in [9.17, 15) is 9.59 Å². The van der Waals surface area contributed by atoms with Crippen LogP contribution in [0, 0.1) is 0 Å². The molecule has 0 aromatic heterocycles. The van der Waals surface area contributed by atoms with Crippen LogP contribution in [0.25, 0.3) is 0 Å². The first-order chi connectivity index (χ1) is 5.63. The first-order valence-corrected chi connectivity index (χ1v) is 4.06. The standard InChI is InChI=1S/C8H14O4.Ca.2H/c9-7(10)5-3-1-2-4-6-8(11)12;;;/h1-6H2,(H,9,10)(H,11,12);;;. The molecule has 0 aromatic rings. The fourth-order valence-electron chi connectivity index (χ4n) is 0.906. The molecule has 4 nitrogen and oxygen atoms in total. The first-order valence-electron chi connectivity index (χ1n) is 4.06. The quantitative estimate of drug-likeness (QED) is 0.482. The molecule has 0 amide bonds. The van der Waals surface area contributed by atoms with Crippen molar-refractivity contribution in [1.82, 2.24) is 0 Å². The topological polar surface area (TPSA) is 74.6 Å². The van der Waals surface area contributed by atoms with Crippen molar-refractivity contribution in [2.24, 2.45) is 0 Å². The van der Waals surface area contributed by atoms with Gasteiger partial charge in [-0.05, 0) is 12.8 Å². The minimum atomic E-state index is -0.784. The average Bonchev–Trinajstić information content (AvgIpc) is 1.95. The zero-order chi connectivity index (χ0) is 9.40. The summed E-state index contributed by atoms with van der Waals surface area (Å²) in [6.45, 7) is 0. The molecule has 0 heterocycles. The van der Waals surface area contributed by atoms with Crippen LogP contribution in [0.15, 0.2) is 0 Å². The van der Waals surface area contributed by atoms with E-state index in [0.717, 1.165) is 12.8 Å². The molecule has 0 aromatic carbocycles. The van der Waals surface area contributed by atoms with Crippen molar-refractivity contribution in [3.05, 3.63) is 0 Å². The molecule has 13 heavy (non-hydrogen) atoms. The predicted molar refractivity (Wildman–Crippen MR) is 51.5 cm³/mol. The third-order valence-corrected chi connectivity index (χ3v) is 1.53. The molecule has 0 radical (unpaired) electrons. The van der Waals surface area contributed by atoms with Crippen LogP contribution in [-0.2, 0) is 9.59 Å². The molecule has 0 unspecified atom stereocenters. The number of carboxylic acid groups (broad SMARTS) is 2. The summed E-state index contributed by atoms with van der Waals surface area (Å²) in [4.78, 5) is 20.1. The molecule has 0 aliphatic heterocycles. The molecule has 0 saturated carbocycles. The Kier molecular flexibility index (Phi) is 12.4. The fraction of sp³-hybridized carbons (Fsp3) is 0.750. The number of rotatable bonds is 7. The van der Waals surface area contributed by atoms with E-state index in [-0.39, 0.29) is 50.6 Å². The molecule has 2 N–H and O–H groups in total. The number of carbonyl (C=O) groups is 2. The molecule has 0 saturated heterocycles. The third-order valence-electron chi connectivity index (χ3n) is 1.53. The molecule has 5 heteroatoms. The zero-order valence-corrected chi connectivity index (χ0v) is 6.95. The van der Waals surface area contributed by atoms with E-state index in [1.807, 2.05) is 0 Å². The van der Waals surface area contributed by atoms with Gasteiger partial charge in [0.1, 0.15) is 0 Å². The van der Waals surface area contributed by atoms with Crippen molar-refractivity contribution in [2.75, 3.05) is 0 Å². The molecule has 0 rings (SSSR count). The molecule has 0 aliphatic carbocycles. The van der Waals surface area contributed by atoms with Gasteiger partial charge in [0.25, 0.3) is 0 Å². The van der Waals surface area contributed by atoms with E-state index in [0.29, 0.717) is 12.8 Å². The first kappa shape index (κ1) is 15.7. The van der Waals surface area contributed by atoms with E-state index in [2.05, 4.69) is 0 Å². The number of carboxylic acids is 2. The number of unbranched alkanes of at least 4 members (excludes halogenated alkanes) is 3. The Morgan fingerprint density at radius 3 is 1.31 bits per heavy atom. The Hall–Kier alpha value is 0.200. The number of hydrogen-bond donors (Lipinski definition) is 2. The van der Waals surface area contributed by atoms with Crippen molar-refractivity contribution in [3.8, 4) is 0 Å². The normalized spacial score (nSPS) is 8.92. The summed E-state index contributed by atoms with van der Waals surface area (Å²) >= 11 is 0. The van der Waals surface area contributed by atoms with E-state index >= 15 is 0 Å². The Labute approximate surface area is 107 Å². The van der Waals surface area contributed by atoms with Gasteiger partial charge >= 0.3 is 49.7 Å². The Morgan fingerprint density at radius 1 is 0.769 bits per heavy atom. The monoisotopic (exact) mass is 216 g/mol. The molecule has 0 bridgehead atoms. The molecular formula is C8H16CaO4. The minimum absolute atomic E-state index is 0. The van der Waals surface area contributed by atoms with Gasteiger partial charge in [-0.3, -0.25) is 9.59 Å². The zero-order valence-electron chi connectivity index (χ0n) is 6.95. The van der Waals surface area contributed by atoms with Gasteiger partial charge in [0, 0.05) is 12.8 Å². The SMILES string of the molecule is O=C(O)CCCCCCC(=O)O.[CaH2]. The summed E-state index contributed by atoms with van der Waals surface area (Å²) in [5.74, 6) is -1.57. The van der Waals surface area contributed by atoms with Gasteiger partial charge in [0.15, 0.2) is 0 Å². The van der Waals surface area contributed by atoms with Crippen LogP contribution >= 0.6 is 0 Å². The van der Waals surface area contributed by atoms with Crippen LogP contribution in [0.5, 0.6) is 0 Å². The van der Waals surface area contributed by atoms with Crippen molar-refractivity contribution < 1.29 is 19.8 Å². The van der Waals surface area contributed by atoms with Crippen molar-refractivity contribution in [3.63, 3.8) is 0 Å². The summed E-state index contributed by atoms with van der Waals surface area (Å²) < 4.78 is 0. The van der Waals surface area contributed by atoms with Gasteiger partial charge in [-0.15, -0.1) is 0 Å². The van der Waals surface area contributed by atoms with Gasteiger partial charge < -0.3 is 10.2 Å². The second-order valence-electron chi connectivity index (χ2n) is 2.70. The van der Waals surface area contributed by atoms with Crippen LogP contribution in [-0.4, -0.2) is 59.9 Å². The van der Waals surface area contributed by atoms with Gasteiger partial charge in [-0.25, -0.2) is 0 Å². The maximum atomic E-state index is 10.0.